The zero-order chi connectivity index (χ0) is 14.6. The lowest BCUT2D eigenvalue weighted by Crippen LogP contribution is -2.36. The molecule has 0 aromatic heterocycles. The molecule has 5 nitrogen and oxygen atoms in total. The number of rotatable bonds is 6. The maximum atomic E-state index is 12.4. The van der Waals surface area contributed by atoms with Crippen LogP contribution in [-0.2, 0) is 14.8 Å². The third-order valence-corrected chi connectivity index (χ3v) is 4.82. The molecule has 0 saturated carbocycles. The molecular weight excluding hydrogens is 290 g/mol. The molecule has 0 saturated heterocycles. The van der Waals surface area contributed by atoms with Crippen LogP contribution in [-0.4, -0.2) is 36.9 Å². The van der Waals surface area contributed by atoms with Gasteiger partial charge < -0.3 is 5.11 Å². The summed E-state index contributed by atoms with van der Waals surface area (Å²) in [6, 6.07) is 4.64. The van der Waals surface area contributed by atoms with Crippen LogP contribution in [0.5, 0.6) is 0 Å². The lowest BCUT2D eigenvalue weighted by molar-refractivity contribution is -0.137. The molecule has 106 valence electrons. The highest BCUT2D eigenvalue weighted by molar-refractivity contribution is 7.89. The molecule has 0 heterocycles. The fourth-order valence-electron chi connectivity index (χ4n) is 1.63. The van der Waals surface area contributed by atoms with Crippen LogP contribution in [0.2, 0.25) is 5.02 Å². The van der Waals surface area contributed by atoms with E-state index in [1.165, 1.54) is 12.1 Å². The van der Waals surface area contributed by atoms with E-state index in [9.17, 15) is 13.2 Å². The molecule has 0 spiro atoms. The number of carbonyl (C=O) groups is 1. The molecule has 1 aromatic carbocycles. The average Bonchev–Trinajstić information content (AvgIpc) is 2.31. The molecule has 1 aromatic rings. The van der Waals surface area contributed by atoms with Gasteiger partial charge in [-0.3, -0.25) is 4.79 Å². The zero-order valence-electron chi connectivity index (χ0n) is 10.8. The van der Waals surface area contributed by atoms with Crippen LogP contribution in [0.1, 0.15) is 18.9 Å². The van der Waals surface area contributed by atoms with Crippen LogP contribution in [0.3, 0.4) is 0 Å². The van der Waals surface area contributed by atoms with Gasteiger partial charge in [-0.1, -0.05) is 24.6 Å². The van der Waals surface area contributed by atoms with Crippen LogP contribution in [0, 0.1) is 6.92 Å². The molecule has 0 unspecified atom stereocenters. The Labute approximate surface area is 117 Å². The maximum Gasteiger partial charge on any atom is 0.318 e. The minimum atomic E-state index is -3.89. The van der Waals surface area contributed by atoms with Gasteiger partial charge in [0.1, 0.15) is 11.4 Å². The second-order valence-electron chi connectivity index (χ2n) is 4.17. The minimum Gasteiger partial charge on any atom is -0.480 e. The lowest BCUT2D eigenvalue weighted by Gasteiger charge is -2.20. The summed E-state index contributed by atoms with van der Waals surface area (Å²) in [7, 11) is -3.89. The number of benzene rings is 1. The Kier molecular flexibility index (Phi) is 5.34. The van der Waals surface area contributed by atoms with E-state index in [1.54, 1.807) is 19.9 Å². The molecule has 7 heteroatoms. The third-order valence-electron chi connectivity index (χ3n) is 2.49. The maximum absolute atomic E-state index is 12.4. The number of nitrogens with zero attached hydrogens (tertiary/aromatic N) is 1. The van der Waals surface area contributed by atoms with Crippen molar-refractivity contribution in [2.75, 3.05) is 13.1 Å². The second kappa shape index (κ2) is 6.36. The fourth-order valence-corrected chi connectivity index (χ4v) is 3.67. The van der Waals surface area contributed by atoms with E-state index in [1.807, 2.05) is 0 Å². The van der Waals surface area contributed by atoms with E-state index in [-0.39, 0.29) is 16.5 Å². The number of halogens is 1. The van der Waals surface area contributed by atoms with E-state index in [4.69, 9.17) is 16.7 Å². The van der Waals surface area contributed by atoms with Crippen molar-refractivity contribution in [1.82, 2.24) is 4.31 Å². The Morgan fingerprint density at radius 3 is 2.58 bits per heavy atom. The van der Waals surface area contributed by atoms with Crippen molar-refractivity contribution in [3.05, 3.63) is 28.8 Å². The van der Waals surface area contributed by atoms with Crippen molar-refractivity contribution in [2.45, 2.75) is 25.2 Å². The SMILES string of the molecule is CCCN(CC(=O)O)S(=O)(=O)c1cc(C)ccc1Cl. The van der Waals surface area contributed by atoms with Gasteiger partial charge in [-0.25, -0.2) is 8.42 Å². The summed E-state index contributed by atoms with van der Waals surface area (Å²) < 4.78 is 25.7. The lowest BCUT2D eigenvalue weighted by atomic mass is 10.2. The Morgan fingerprint density at radius 2 is 2.05 bits per heavy atom. The summed E-state index contributed by atoms with van der Waals surface area (Å²) in [5.41, 5.74) is 0.745. The first kappa shape index (κ1) is 15.9. The van der Waals surface area contributed by atoms with Crippen molar-refractivity contribution >= 4 is 27.6 Å². The number of aryl methyl sites for hydroxylation is 1. The number of hydrogen-bond donors (Lipinski definition) is 1. The Hall–Kier alpha value is -1.11. The van der Waals surface area contributed by atoms with Gasteiger partial charge in [-0.2, -0.15) is 4.31 Å². The molecular formula is C12H16ClNO4S. The van der Waals surface area contributed by atoms with Gasteiger partial charge >= 0.3 is 5.97 Å². The van der Waals surface area contributed by atoms with E-state index in [2.05, 4.69) is 0 Å². The molecule has 1 rings (SSSR count). The quantitative estimate of drug-likeness (QED) is 0.873. The van der Waals surface area contributed by atoms with Crippen LogP contribution in [0.4, 0.5) is 0 Å². The standard InChI is InChI=1S/C12H16ClNO4S/c1-3-6-14(8-12(15)16)19(17,18)11-7-9(2)4-5-10(11)13/h4-5,7H,3,6,8H2,1-2H3,(H,15,16). The summed E-state index contributed by atoms with van der Waals surface area (Å²) in [5.74, 6) is -1.19. The molecule has 0 bridgehead atoms. The Bertz CT molecular complexity index is 571. The van der Waals surface area contributed by atoms with E-state index >= 15 is 0 Å². The van der Waals surface area contributed by atoms with Crippen molar-refractivity contribution < 1.29 is 18.3 Å². The predicted molar refractivity (Wildman–Crippen MR) is 72.9 cm³/mol. The number of sulfonamides is 1. The molecule has 0 fully saturated rings. The van der Waals surface area contributed by atoms with Crippen LogP contribution in [0.25, 0.3) is 0 Å². The van der Waals surface area contributed by atoms with E-state index < -0.39 is 22.5 Å². The van der Waals surface area contributed by atoms with Gasteiger partial charge in [0, 0.05) is 6.54 Å². The van der Waals surface area contributed by atoms with Crippen molar-refractivity contribution in [1.29, 1.82) is 0 Å². The molecule has 0 aliphatic carbocycles. The summed E-state index contributed by atoms with van der Waals surface area (Å²) in [6.45, 7) is 3.10. The Morgan fingerprint density at radius 1 is 1.42 bits per heavy atom. The van der Waals surface area contributed by atoms with Gasteiger partial charge in [-0.05, 0) is 31.0 Å². The van der Waals surface area contributed by atoms with Gasteiger partial charge in [0.2, 0.25) is 10.0 Å². The first-order chi connectivity index (χ1) is 8.78. The highest BCUT2D eigenvalue weighted by Crippen LogP contribution is 2.25. The molecule has 0 atom stereocenters. The van der Waals surface area contributed by atoms with Crippen molar-refractivity contribution in [3.8, 4) is 0 Å². The molecule has 19 heavy (non-hydrogen) atoms. The average molecular weight is 306 g/mol. The molecule has 0 amide bonds. The summed E-state index contributed by atoms with van der Waals surface area (Å²) in [5, 5.41) is 8.90. The van der Waals surface area contributed by atoms with Crippen molar-refractivity contribution in [3.63, 3.8) is 0 Å². The monoisotopic (exact) mass is 305 g/mol. The highest BCUT2D eigenvalue weighted by atomic mass is 35.5. The minimum absolute atomic E-state index is 0.0520. The van der Waals surface area contributed by atoms with E-state index in [0.29, 0.717) is 6.42 Å². The van der Waals surface area contributed by atoms with Gasteiger partial charge in [0.15, 0.2) is 0 Å². The largest absolute Gasteiger partial charge is 0.480 e. The predicted octanol–water partition coefficient (Wildman–Crippen LogP) is 2.13. The van der Waals surface area contributed by atoms with Gasteiger partial charge in [0.25, 0.3) is 0 Å². The molecule has 0 aliphatic rings. The molecule has 0 aliphatic heterocycles. The number of hydrogen-bond acceptors (Lipinski definition) is 3. The van der Waals surface area contributed by atoms with Crippen molar-refractivity contribution in [2.24, 2.45) is 0 Å². The second-order valence-corrected chi connectivity index (χ2v) is 6.48. The first-order valence-electron chi connectivity index (χ1n) is 5.77. The fraction of sp³-hybridized carbons (Fsp3) is 0.417. The summed E-state index contributed by atoms with van der Waals surface area (Å²) >= 11 is 5.91. The van der Waals surface area contributed by atoms with Gasteiger partial charge in [0.05, 0.1) is 5.02 Å². The normalized spacial score (nSPS) is 11.8. The van der Waals surface area contributed by atoms with Crippen LogP contribution >= 0.6 is 11.6 Å². The number of carboxylic acid groups (broad SMARTS) is 1. The number of aliphatic carboxylic acids is 1. The zero-order valence-corrected chi connectivity index (χ0v) is 12.3. The van der Waals surface area contributed by atoms with Gasteiger partial charge in [-0.15, -0.1) is 0 Å². The Balaban J connectivity index is 3.25. The van der Waals surface area contributed by atoms with Crippen LogP contribution in [0.15, 0.2) is 23.1 Å². The van der Waals surface area contributed by atoms with E-state index in [0.717, 1.165) is 9.87 Å². The first-order valence-corrected chi connectivity index (χ1v) is 7.59. The number of carboxylic acids is 1. The smallest absolute Gasteiger partial charge is 0.318 e. The molecule has 1 N–H and O–H groups in total. The molecule has 0 radical (unpaired) electrons. The topological polar surface area (TPSA) is 74.7 Å². The summed E-state index contributed by atoms with van der Waals surface area (Å²) in [6.07, 6.45) is 0.524. The summed E-state index contributed by atoms with van der Waals surface area (Å²) in [4.78, 5) is 10.7. The van der Waals surface area contributed by atoms with Crippen LogP contribution < -0.4 is 0 Å². The third kappa shape index (κ3) is 3.92. The highest BCUT2D eigenvalue weighted by Gasteiger charge is 2.27.